The van der Waals surface area contributed by atoms with Gasteiger partial charge in [0.1, 0.15) is 12.4 Å². The van der Waals surface area contributed by atoms with Crippen LogP contribution in [0.15, 0.2) is 77.8 Å². The van der Waals surface area contributed by atoms with Crippen LogP contribution in [0.25, 0.3) is 10.9 Å². The van der Waals surface area contributed by atoms with Crippen molar-refractivity contribution in [2.45, 2.75) is 24.3 Å². The van der Waals surface area contributed by atoms with Crippen LogP contribution in [0.2, 0.25) is 0 Å². The maximum Gasteiger partial charge on any atom is 0.264 e. The molecule has 3 aromatic carbocycles. The minimum atomic E-state index is -3.79. The Morgan fingerprint density at radius 1 is 1.09 bits per heavy atom. The van der Waals surface area contributed by atoms with Gasteiger partial charge in [0, 0.05) is 30.1 Å². The SMILES string of the molecule is Cc1c[nH]c2c(OCc3ccccc3)cc3c(c12)C(CO)CN3S(=O)(=O)c1ccccc1. The first-order valence-electron chi connectivity index (χ1n) is 10.5. The van der Waals surface area contributed by atoms with Gasteiger partial charge in [-0.05, 0) is 35.7 Å². The molecule has 1 atom stereocenters. The molecule has 7 heteroatoms. The summed E-state index contributed by atoms with van der Waals surface area (Å²) in [6.07, 6.45) is 1.89. The summed E-state index contributed by atoms with van der Waals surface area (Å²) in [5, 5.41) is 11.0. The molecule has 0 bridgehead atoms. The lowest BCUT2D eigenvalue weighted by molar-refractivity contribution is 0.272. The number of aryl methyl sites for hydroxylation is 1. The number of hydrogen-bond acceptors (Lipinski definition) is 4. The lowest BCUT2D eigenvalue weighted by Gasteiger charge is -2.21. The molecule has 164 valence electrons. The van der Waals surface area contributed by atoms with Crippen molar-refractivity contribution in [3.8, 4) is 5.75 Å². The third-order valence-corrected chi connectivity index (χ3v) is 7.78. The molecule has 0 fully saturated rings. The fourth-order valence-electron chi connectivity index (χ4n) is 4.42. The van der Waals surface area contributed by atoms with E-state index in [1.165, 1.54) is 4.31 Å². The van der Waals surface area contributed by atoms with Gasteiger partial charge in [-0.3, -0.25) is 4.31 Å². The minimum absolute atomic E-state index is 0.141. The van der Waals surface area contributed by atoms with Gasteiger partial charge in [0.05, 0.1) is 22.7 Å². The predicted octanol–water partition coefficient (Wildman–Crippen LogP) is 4.34. The highest BCUT2D eigenvalue weighted by atomic mass is 32.2. The van der Waals surface area contributed by atoms with Crippen molar-refractivity contribution in [2.75, 3.05) is 17.5 Å². The van der Waals surface area contributed by atoms with Crippen molar-refractivity contribution < 1.29 is 18.3 Å². The Labute approximate surface area is 187 Å². The lowest BCUT2D eigenvalue weighted by atomic mass is 9.96. The smallest absolute Gasteiger partial charge is 0.264 e. The van der Waals surface area contributed by atoms with Gasteiger partial charge in [-0.1, -0.05) is 48.5 Å². The zero-order valence-electron chi connectivity index (χ0n) is 17.7. The fraction of sp³-hybridized carbons (Fsp3) is 0.200. The summed E-state index contributed by atoms with van der Waals surface area (Å²) in [6.45, 7) is 2.38. The Morgan fingerprint density at radius 3 is 2.47 bits per heavy atom. The van der Waals surface area contributed by atoms with Crippen LogP contribution in [0.1, 0.15) is 22.6 Å². The monoisotopic (exact) mass is 448 g/mol. The molecular formula is C25H24N2O4S. The molecule has 6 nitrogen and oxygen atoms in total. The molecule has 5 rings (SSSR count). The van der Waals surface area contributed by atoms with Gasteiger partial charge in [0.25, 0.3) is 10.0 Å². The van der Waals surface area contributed by atoms with E-state index >= 15 is 0 Å². The number of aromatic amines is 1. The van der Waals surface area contributed by atoms with Crippen LogP contribution >= 0.6 is 0 Å². The number of rotatable bonds is 6. The van der Waals surface area contributed by atoms with Crippen LogP contribution in [0.4, 0.5) is 5.69 Å². The molecule has 4 aromatic rings. The second-order valence-corrected chi connectivity index (χ2v) is 9.89. The number of nitrogens with one attached hydrogen (secondary N) is 1. The Kier molecular flexibility index (Phi) is 5.15. The highest BCUT2D eigenvalue weighted by Gasteiger charge is 2.39. The third kappa shape index (κ3) is 3.34. The van der Waals surface area contributed by atoms with Crippen LogP contribution in [-0.2, 0) is 16.6 Å². The molecule has 2 N–H and O–H groups in total. The first-order chi connectivity index (χ1) is 15.5. The number of nitrogens with zero attached hydrogens (tertiary/aromatic N) is 1. The molecule has 0 spiro atoms. The maximum atomic E-state index is 13.5. The zero-order chi connectivity index (χ0) is 22.3. The van der Waals surface area contributed by atoms with Crippen molar-refractivity contribution in [3.63, 3.8) is 0 Å². The maximum absolute atomic E-state index is 13.5. The number of aliphatic hydroxyl groups excluding tert-OH is 1. The summed E-state index contributed by atoms with van der Waals surface area (Å²) in [7, 11) is -3.79. The average Bonchev–Trinajstić information content (AvgIpc) is 3.39. The molecule has 1 aromatic heterocycles. The summed E-state index contributed by atoms with van der Waals surface area (Å²) >= 11 is 0. The second-order valence-electron chi connectivity index (χ2n) is 8.03. The summed E-state index contributed by atoms with van der Waals surface area (Å²) < 4.78 is 34.6. The van der Waals surface area contributed by atoms with E-state index in [0.717, 1.165) is 27.6 Å². The van der Waals surface area contributed by atoms with Gasteiger partial charge in [0.15, 0.2) is 0 Å². The number of benzene rings is 3. The minimum Gasteiger partial charge on any atom is -0.487 e. The van der Waals surface area contributed by atoms with E-state index in [2.05, 4.69) is 4.98 Å². The average molecular weight is 449 g/mol. The van der Waals surface area contributed by atoms with Gasteiger partial charge >= 0.3 is 0 Å². The van der Waals surface area contributed by atoms with Crippen LogP contribution in [0, 0.1) is 6.92 Å². The van der Waals surface area contributed by atoms with Crippen molar-refractivity contribution in [1.82, 2.24) is 4.98 Å². The molecule has 1 aliphatic heterocycles. The van der Waals surface area contributed by atoms with E-state index in [4.69, 9.17) is 4.74 Å². The number of ether oxygens (including phenoxy) is 1. The van der Waals surface area contributed by atoms with Crippen LogP contribution < -0.4 is 9.04 Å². The summed E-state index contributed by atoms with van der Waals surface area (Å²) in [5.74, 6) is 0.270. The molecule has 1 unspecified atom stereocenters. The Morgan fingerprint density at radius 2 is 1.78 bits per heavy atom. The highest BCUT2D eigenvalue weighted by Crippen LogP contribution is 2.47. The number of aliphatic hydroxyl groups is 1. The molecule has 0 amide bonds. The first kappa shape index (κ1) is 20.6. The van der Waals surface area contributed by atoms with Crippen molar-refractivity contribution in [1.29, 1.82) is 0 Å². The van der Waals surface area contributed by atoms with E-state index < -0.39 is 10.0 Å². The van der Waals surface area contributed by atoms with E-state index in [1.807, 2.05) is 43.5 Å². The van der Waals surface area contributed by atoms with Crippen molar-refractivity contribution in [2.24, 2.45) is 0 Å². The summed E-state index contributed by atoms with van der Waals surface area (Å²) in [6, 6.07) is 20.0. The van der Waals surface area contributed by atoms with Crippen LogP contribution in [0.3, 0.4) is 0 Å². The second kappa shape index (κ2) is 8.00. The predicted molar refractivity (Wildman–Crippen MR) is 125 cm³/mol. The molecule has 32 heavy (non-hydrogen) atoms. The topological polar surface area (TPSA) is 82.6 Å². The number of H-pyrrole nitrogens is 1. The van der Waals surface area contributed by atoms with Crippen LogP contribution in [0.5, 0.6) is 5.75 Å². The van der Waals surface area contributed by atoms with Gasteiger partial charge in [0.2, 0.25) is 0 Å². The molecular weight excluding hydrogens is 424 g/mol. The largest absolute Gasteiger partial charge is 0.487 e. The Hall–Kier alpha value is -3.29. The molecule has 0 radical (unpaired) electrons. The molecule has 1 aliphatic rings. The summed E-state index contributed by atoms with van der Waals surface area (Å²) in [4.78, 5) is 3.50. The van der Waals surface area contributed by atoms with Crippen LogP contribution in [-0.4, -0.2) is 31.7 Å². The van der Waals surface area contributed by atoms with E-state index in [1.54, 1.807) is 36.4 Å². The molecule has 0 saturated heterocycles. The van der Waals surface area contributed by atoms with Crippen molar-refractivity contribution in [3.05, 3.63) is 89.6 Å². The van der Waals surface area contributed by atoms with E-state index in [9.17, 15) is 13.5 Å². The third-order valence-electron chi connectivity index (χ3n) is 5.99. The normalized spacial score (nSPS) is 15.8. The molecule has 0 aliphatic carbocycles. The van der Waals surface area contributed by atoms with Gasteiger partial charge < -0.3 is 14.8 Å². The Balaban J connectivity index is 1.65. The van der Waals surface area contributed by atoms with Gasteiger partial charge in [-0.2, -0.15) is 0 Å². The fourth-order valence-corrected chi connectivity index (χ4v) is 5.96. The number of anilines is 1. The van der Waals surface area contributed by atoms with Crippen molar-refractivity contribution >= 4 is 26.6 Å². The number of hydrogen-bond donors (Lipinski definition) is 2. The standard InChI is InChI=1S/C25H24N2O4S/c1-17-13-26-25-22(31-16-18-8-4-2-5-9-18)12-21-24(23(17)25)19(15-28)14-27(21)32(29,30)20-10-6-3-7-11-20/h2-13,19,26,28H,14-16H2,1H3. The highest BCUT2D eigenvalue weighted by molar-refractivity contribution is 7.92. The summed E-state index contributed by atoms with van der Waals surface area (Å²) in [5.41, 5.74) is 4.22. The van der Waals surface area contributed by atoms with E-state index in [-0.39, 0.29) is 24.0 Å². The Bertz CT molecular complexity index is 1370. The lowest BCUT2D eigenvalue weighted by Crippen LogP contribution is -2.30. The first-order valence-corrected chi connectivity index (χ1v) is 11.9. The number of sulfonamides is 1. The van der Waals surface area contributed by atoms with Gasteiger partial charge in [-0.15, -0.1) is 0 Å². The van der Waals surface area contributed by atoms with Gasteiger partial charge in [-0.25, -0.2) is 8.42 Å². The zero-order valence-corrected chi connectivity index (χ0v) is 18.5. The van der Waals surface area contributed by atoms with E-state index in [0.29, 0.717) is 18.0 Å². The molecule has 0 saturated carbocycles. The number of fused-ring (bicyclic) bond motifs is 3. The number of aromatic nitrogens is 1. The molecule has 2 heterocycles. The quantitative estimate of drug-likeness (QED) is 0.460.